The molecule has 0 aliphatic heterocycles. The van der Waals surface area contributed by atoms with Crippen molar-refractivity contribution >= 4 is 40.8 Å². The first-order chi connectivity index (χ1) is 9.29. The molecule has 0 spiro atoms. The van der Waals surface area contributed by atoms with Crippen LogP contribution in [0, 0.1) is 0 Å². The Kier molecular flexibility index (Phi) is 6.22. The van der Waals surface area contributed by atoms with Gasteiger partial charge in [0.05, 0.1) is 12.6 Å². The highest BCUT2D eigenvalue weighted by Gasteiger charge is 2.23. The average Bonchev–Trinajstić information content (AvgIpc) is 2.26. The van der Waals surface area contributed by atoms with E-state index in [2.05, 4.69) is 10.6 Å². The normalized spacial score (nSPS) is 13.6. The summed E-state index contributed by atoms with van der Waals surface area (Å²) in [5.41, 5.74) is 0.401. The van der Waals surface area contributed by atoms with E-state index in [0.717, 1.165) is 0 Å². The van der Waals surface area contributed by atoms with E-state index in [4.69, 9.17) is 28.3 Å². The Bertz CT molecular complexity index is 488. The van der Waals surface area contributed by atoms with Gasteiger partial charge in [-0.1, -0.05) is 23.2 Å². The third-order valence-corrected chi connectivity index (χ3v) is 2.81. The molecule has 0 fully saturated rings. The van der Waals surface area contributed by atoms with Crippen molar-refractivity contribution in [3.8, 4) is 0 Å². The Morgan fingerprint density at radius 3 is 2.25 bits per heavy atom. The Balaban J connectivity index is 2.57. The number of carboxylic acid groups (broad SMARTS) is 1. The van der Waals surface area contributed by atoms with Crippen molar-refractivity contribution in [1.82, 2.24) is 5.32 Å². The van der Waals surface area contributed by atoms with Crippen molar-refractivity contribution in [2.24, 2.45) is 0 Å². The van der Waals surface area contributed by atoms with Crippen LogP contribution in [0.4, 0.5) is 5.69 Å². The van der Waals surface area contributed by atoms with E-state index in [1.807, 2.05) is 0 Å². The maximum Gasteiger partial charge on any atom is 0.323 e. The van der Waals surface area contributed by atoms with Gasteiger partial charge in [0.1, 0.15) is 6.04 Å². The summed E-state index contributed by atoms with van der Waals surface area (Å²) >= 11 is 11.6. The largest absolute Gasteiger partial charge is 0.480 e. The van der Waals surface area contributed by atoms with Gasteiger partial charge in [-0.15, -0.1) is 0 Å². The number of benzene rings is 1. The monoisotopic (exact) mass is 320 g/mol. The molecular weight excluding hydrogens is 307 g/mol. The Hall–Kier alpha value is -1.34. The number of carbonyl (C=O) groups is 2. The van der Waals surface area contributed by atoms with Gasteiger partial charge >= 0.3 is 5.97 Å². The number of hydrogen-bond acceptors (Lipinski definition) is 4. The smallest absolute Gasteiger partial charge is 0.323 e. The number of halogens is 2. The molecule has 0 radical (unpaired) electrons. The number of anilines is 1. The molecule has 0 heterocycles. The Labute approximate surface area is 125 Å². The number of rotatable bonds is 6. The molecule has 0 aliphatic rings. The molecule has 0 aliphatic carbocycles. The molecule has 20 heavy (non-hydrogen) atoms. The third kappa shape index (κ3) is 5.34. The third-order valence-electron chi connectivity index (χ3n) is 2.38. The van der Waals surface area contributed by atoms with E-state index in [9.17, 15) is 14.7 Å². The van der Waals surface area contributed by atoms with Gasteiger partial charge in [0.15, 0.2) is 0 Å². The molecule has 0 unspecified atom stereocenters. The van der Waals surface area contributed by atoms with Crippen molar-refractivity contribution in [1.29, 1.82) is 0 Å². The standard InChI is InChI=1S/C12H14Cl2N2O4/c1-6(17)11(12(19)20)15-5-10(18)16-9-3-7(13)2-8(14)4-9/h2-4,6,11,15,17H,5H2,1H3,(H,16,18)(H,19,20)/t6-,11+/m1/s1. The van der Waals surface area contributed by atoms with E-state index in [-0.39, 0.29) is 6.54 Å². The van der Waals surface area contributed by atoms with E-state index in [0.29, 0.717) is 15.7 Å². The zero-order valence-electron chi connectivity index (χ0n) is 10.6. The van der Waals surface area contributed by atoms with Gasteiger partial charge in [0.2, 0.25) is 5.91 Å². The molecule has 1 aromatic rings. The number of carboxylic acids is 1. The number of carbonyl (C=O) groups excluding carboxylic acids is 1. The molecule has 0 aromatic heterocycles. The second-order valence-corrected chi connectivity index (χ2v) is 5.02. The quantitative estimate of drug-likeness (QED) is 0.634. The van der Waals surface area contributed by atoms with Crippen molar-refractivity contribution in [2.45, 2.75) is 19.1 Å². The van der Waals surface area contributed by atoms with E-state index in [1.54, 1.807) is 0 Å². The van der Waals surface area contributed by atoms with Gasteiger partial charge in [-0.2, -0.15) is 0 Å². The van der Waals surface area contributed by atoms with E-state index < -0.39 is 24.0 Å². The fourth-order valence-corrected chi connectivity index (χ4v) is 2.02. The first-order valence-electron chi connectivity index (χ1n) is 5.70. The minimum Gasteiger partial charge on any atom is -0.480 e. The summed E-state index contributed by atoms with van der Waals surface area (Å²) < 4.78 is 0. The molecular formula is C12H14Cl2N2O4. The van der Waals surface area contributed by atoms with Gasteiger partial charge in [0, 0.05) is 15.7 Å². The lowest BCUT2D eigenvalue weighted by Gasteiger charge is -2.16. The van der Waals surface area contributed by atoms with Gasteiger partial charge in [-0.3, -0.25) is 14.9 Å². The topological polar surface area (TPSA) is 98.7 Å². The minimum atomic E-state index is -1.24. The van der Waals surface area contributed by atoms with Crippen LogP contribution in [0.1, 0.15) is 6.92 Å². The molecule has 1 rings (SSSR count). The predicted octanol–water partition coefficient (Wildman–Crippen LogP) is 1.36. The summed E-state index contributed by atoms with van der Waals surface area (Å²) in [5, 5.41) is 23.8. The maximum absolute atomic E-state index is 11.7. The van der Waals surface area contributed by atoms with Gasteiger partial charge in [0.25, 0.3) is 0 Å². The van der Waals surface area contributed by atoms with Gasteiger partial charge in [-0.05, 0) is 25.1 Å². The zero-order valence-corrected chi connectivity index (χ0v) is 12.1. The van der Waals surface area contributed by atoms with Crippen LogP contribution in [-0.4, -0.2) is 40.8 Å². The van der Waals surface area contributed by atoms with Crippen LogP contribution in [0.3, 0.4) is 0 Å². The minimum absolute atomic E-state index is 0.272. The van der Waals surface area contributed by atoms with Crippen LogP contribution in [0.2, 0.25) is 10.0 Å². The number of aliphatic carboxylic acids is 1. The van der Waals surface area contributed by atoms with Crippen molar-refractivity contribution in [2.75, 3.05) is 11.9 Å². The van der Waals surface area contributed by atoms with Crippen LogP contribution in [-0.2, 0) is 9.59 Å². The molecule has 2 atom stereocenters. The van der Waals surface area contributed by atoms with Crippen molar-refractivity contribution < 1.29 is 19.8 Å². The van der Waals surface area contributed by atoms with Gasteiger partial charge < -0.3 is 15.5 Å². The number of hydrogen-bond donors (Lipinski definition) is 4. The van der Waals surface area contributed by atoms with Crippen LogP contribution in [0.25, 0.3) is 0 Å². The first-order valence-corrected chi connectivity index (χ1v) is 6.45. The zero-order chi connectivity index (χ0) is 15.3. The molecule has 0 saturated heterocycles. The highest BCUT2D eigenvalue weighted by atomic mass is 35.5. The van der Waals surface area contributed by atoms with Crippen LogP contribution >= 0.6 is 23.2 Å². The summed E-state index contributed by atoms with van der Waals surface area (Å²) in [5.74, 6) is -1.71. The number of nitrogens with one attached hydrogen (secondary N) is 2. The lowest BCUT2D eigenvalue weighted by molar-refractivity contribution is -0.142. The summed E-state index contributed by atoms with van der Waals surface area (Å²) in [6.45, 7) is 1.05. The average molecular weight is 321 g/mol. The van der Waals surface area contributed by atoms with Crippen LogP contribution in [0.15, 0.2) is 18.2 Å². The molecule has 8 heteroatoms. The second kappa shape index (κ2) is 7.44. The molecule has 0 saturated carbocycles. The van der Waals surface area contributed by atoms with E-state index >= 15 is 0 Å². The Morgan fingerprint density at radius 1 is 1.25 bits per heavy atom. The number of amides is 1. The van der Waals surface area contributed by atoms with Crippen molar-refractivity contribution in [3.05, 3.63) is 28.2 Å². The summed E-state index contributed by atoms with van der Waals surface area (Å²) in [6, 6.07) is 3.32. The molecule has 1 amide bonds. The highest BCUT2D eigenvalue weighted by molar-refractivity contribution is 6.35. The fraction of sp³-hybridized carbons (Fsp3) is 0.333. The van der Waals surface area contributed by atoms with Gasteiger partial charge in [-0.25, -0.2) is 0 Å². The molecule has 6 nitrogen and oxygen atoms in total. The Morgan fingerprint density at radius 2 is 1.80 bits per heavy atom. The lowest BCUT2D eigenvalue weighted by atomic mass is 10.2. The maximum atomic E-state index is 11.7. The molecule has 4 N–H and O–H groups in total. The predicted molar refractivity (Wildman–Crippen MR) is 76.2 cm³/mol. The second-order valence-electron chi connectivity index (χ2n) is 4.14. The molecule has 1 aromatic carbocycles. The van der Waals surface area contributed by atoms with E-state index in [1.165, 1.54) is 25.1 Å². The SMILES string of the molecule is C[C@@H](O)[C@H](NCC(=O)Nc1cc(Cl)cc(Cl)c1)C(=O)O. The lowest BCUT2D eigenvalue weighted by Crippen LogP contribution is -2.47. The summed E-state index contributed by atoms with van der Waals surface area (Å²) in [4.78, 5) is 22.5. The number of aliphatic hydroxyl groups is 1. The molecule has 110 valence electrons. The first kappa shape index (κ1) is 16.7. The van der Waals surface area contributed by atoms with Crippen LogP contribution in [0.5, 0.6) is 0 Å². The fourth-order valence-electron chi connectivity index (χ4n) is 1.50. The van der Waals surface area contributed by atoms with Crippen LogP contribution < -0.4 is 10.6 Å². The molecule has 0 bridgehead atoms. The number of aliphatic hydroxyl groups excluding tert-OH is 1. The highest BCUT2D eigenvalue weighted by Crippen LogP contribution is 2.22. The summed E-state index contributed by atoms with van der Waals surface area (Å²) in [6.07, 6.45) is -1.12. The van der Waals surface area contributed by atoms with Crippen molar-refractivity contribution in [3.63, 3.8) is 0 Å². The summed E-state index contributed by atoms with van der Waals surface area (Å²) in [7, 11) is 0.